The number of thiophene rings is 1. The van der Waals surface area contributed by atoms with Crippen LogP contribution in [0.1, 0.15) is 66.1 Å². The molecule has 34 heavy (non-hydrogen) atoms. The number of hydrogen-bond acceptors (Lipinski definition) is 3. The van der Waals surface area contributed by atoms with E-state index in [1.165, 1.54) is 26.6 Å². The first-order valence-corrected chi connectivity index (χ1v) is 13.4. The molecule has 5 rings (SSSR count). The number of carbonyl (C=O) groups is 1. The number of urea groups is 1. The second kappa shape index (κ2) is 9.59. The van der Waals surface area contributed by atoms with Crippen molar-refractivity contribution in [2.75, 3.05) is 19.6 Å². The first-order valence-electron chi connectivity index (χ1n) is 12.6. The molecule has 1 atom stereocenters. The highest BCUT2D eigenvalue weighted by molar-refractivity contribution is 7.15. The average molecular weight is 477 g/mol. The number of carbonyl (C=O) groups excluding carboxylic acids is 1. The highest BCUT2D eigenvalue weighted by Gasteiger charge is 2.36. The zero-order valence-electron chi connectivity index (χ0n) is 20.8. The number of aryl methyl sites for hydroxylation is 1. The lowest BCUT2D eigenvalue weighted by Gasteiger charge is -2.32. The fourth-order valence-electron chi connectivity index (χ4n) is 5.22. The Bertz CT molecular complexity index is 1160. The Morgan fingerprint density at radius 1 is 1.15 bits per heavy atom. The standard InChI is InChI=1S/C28H36N4OS/c1-5-30-16-13-22-23-17-32(28(33)29-14-12-19(2)3)26(21-10-8-20(4)9-11-21)24-7-6-15-31(24)27(23)34-25(22)18-30/h6-11,15,19,26H,5,12-14,16-18H2,1-4H3,(H,29,33)/t26-/m0/s1. The molecule has 2 aliphatic heterocycles. The summed E-state index contributed by atoms with van der Waals surface area (Å²) >= 11 is 1.92. The summed E-state index contributed by atoms with van der Waals surface area (Å²) in [5, 5.41) is 4.53. The van der Waals surface area contributed by atoms with Crippen LogP contribution < -0.4 is 5.32 Å². The van der Waals surface area contributed by atoms with Crippen LogP contribution in [0.5, 0.6) is 0 Å². The van der Waals surface area contributed by atoms with Crippen LogP contribution in [-0.4, -0.2) is 40.0 Å². The van der Waals surface area contributed by atoms with Gasteiger partial charge in [0.05, 0.1) is 18.3 Å². The van der Waals surface area contributed by atoms with Gasteiger partial charge in [-0.05, 0) is 55.5 Å². The number of amides is 2. The molecule has 2 aliphatic rings. The van der Waals surface area contributed by atoms with E-state index in [0.29, 0.717) is 19.0 Å². The summed E-state index contributed by atoms with van der Waals surface area (Å²) in [5.74, 6) is 0.562. The lowest BCUT2D eigenvalue weighted by atomic mass is 9.99. The van der Waals surface area contributed by atoms with Crippen molar-refractivity contribution in [3.63, 3.8) is 0 Å². The van der Waals surface area contributed by atoms with Crippen LogP contribution in [0, 0.1) is 12.8 Å². The van der Waals surface area contributed by atoms with E-state index in [1.54, 1.807) is 0 Å². The summed E-state index contributed by atoms with van der Waals surface area (Å²) in [6.07, 6.45) is 4.22. The van der Waals surface area contributed by atoms with E-state index >= 15 is 0 Å². The van der Waals surface area contributed by atoms with E-state index in [-0.39, 0.29) is 12.1 Å². The minimum absolute atomic E-state index is 0.0257. The van der Waals surface area contributed by atoms with Crippen LogP contribution in [-0.2, 0) is 19.5 Å². The number of aromatic nitrogens is 1. The van der Waals surface area contributed by atoms with Gasteiger partial charge < -0.3 is 14.8 Å². The van der Waals surface area contributed by atoms with Gasteiger partial charge in [0.25, 0.3) is 0 Å². The van der Waals surface area contributed by atoms with Gasteiger partial charge in [0, 0.05) is 36.3 Å². The van der Waals surface area contributed by atoms with E-state index in [4.69, 9.17) is 0 Å². The Hall–Kier alpha value is -2.57. The molecular formula is C28H36N4OS. The van der Waals surface area contributed by atoms with Crippen molar-refractivity contribution in [3.05, 3.63) is 75.4 Å². The first-order chi connectivity index (χ1) is 16.5. The third kappa shape index (κ3) is 4.29. The Kier molecular flexibility index (Phi) is 6.54. The van der Waals surface area contributed by atoms with Crippen molar-refractivity contribution in [1.29, 1.82) is 0 Å². The van der Waals surface area contributed by atoms with Crippen molar-refractivity contribution in [3.8, 4) is 5.00 Å². The predicted molar refractivity (Wildman–Crippen MR) is 140 cm³/mol. The summed E-state index contributed by atoms with van der Waals surface area (Å²) in [5.41, 5.74) is 6.35. The molecule has 2 aromatic heterocycles. The first kappa shape index (κ1) is 23.2. The molecule has 1 N–H and O–H groups in total. The lowest BCUT2D eigenvalue weighted by Crippen LogP contribution is -2.42. The smallest absolute Gasteiger partial charge is 0.318 e. The molecule has 0 radical (unpaired) electrons. The maximum atomic E-state index is 13.7. The number of rotatable bonds is 5. The highest BCUT2D eigenvalue weighted by atomic mass is 32.1. The van der Waals surface area contributed by atoms with Gasteiger partial charge in [0.2, 0.25) is 0 Å². The largest absolute Gasteiger partial charge is 0.338 e. The van der Waals surface area contributed by atoms with Gasteiger partial charge >= 0.3 is 6.03 Å². The molecule has 0 saturated carbocycles. The SMILES string of the molecule is CCN1CCc2c(sc3c2CN(C(=O)NCCC(C)C)[C@@H](c2ccc(C)cc2)c2cccn2-3)C1. The van der Waals surface area contributed by atoms with Crippen LogP contribution in [0.3, 0.4) is 0 Å². The Morgan fingerprint density at radius 3 is 2.68 bits per heavy atom. The molecule has 0 unspecified atom stereocenters. The van der Waals surface area contributed by atoms with Gasteiger partial charge in [0.1, 0.15) is 5.00 Å². The number of nitrogens with one attached hydrogen (secondary N) is 1. The van der Waals surface area contributed by atoms with Crippen LogP contribution >= 0.6 is 11.3 Å². The van der Waals surface area contributed by atoms with Gasteiger partial charge in [-0.3, -0.25) is 4.90 Å². The Balaban J connectivity index is 1.59. The maximum absolute atomic E-state index is 13.7. The van der Waals surface area contributed by atoms with Gasteiger partial charge in [-0.2, -0.15) is 0 Å². The van der Waals surface area contributed by atoms with Gasteiger partial charge in [-0.15, -0.1) is 11.3 Å². The van der Waals surface area contributed by atoms with Crippen LogP contribution in [0.25, 0.3) is 5.00 Å². The number of hydrogen-bond donors (Lipinski definition) is 1. The van der Waals surface area contributed by atoms with E-state index in [0.717, 1.165) is 43.7 Å². The number of nitrogens with zero attached hydrogens (tertiary/aromatic N) is 3. The van der Waals surface area contributed by atoms with Gasteiger partial charge in [0.15, 0.2) is 0 Å². The molecule has 1 aromatic carbocycles. The zero-order chi connectivity index (χ0) is 23.8. The summed E-state index contributed by atoms with van der Waals surface area (Å²) < 4.78 is 2.35. The number of benzene rings is 1. The van der Waals surface area contributed by atoms with E-state index in [9.17, 15) is 4.79 Å². The Morgan fingerprint density at radius 2 is 1.94 bits per heavy atom. The molecule has 0 saturated heterocycles. The molecule has 0 bridgehead atoms. The molecule has 5 nitrogen and oxygen atoms in total. The molecule has 0 spiro atoms. The second-order valence-electron chi connectivity index (χ2n) is 10.1. The zero-order valence-corrected chi connectivity index (χ0v) is 21.6. The monoisotopic (exact) mass is 476 g/mol. The second-order valence-corrected chi connectivity index (χ2v) is 11.1. The van der Waals surface area contributed by atoms with E-state index < -0.39 is 0 Å². The highest BCUT2D eigenvalue weighted by Crippen LogP contribution is 2.43. The maximum Gasteiger partial charge on any atom is 0.318 e. The summed E-state index contributed by atoms with van der Waals surface area (Å²) in [7, 11) is 0. The fourth-order valence-corrected chi connectivity index (χ4v) is 6.62. The number of fused-ring (bicyclic) bond motifs is 5. The van der Waals surface area contributed by atoms with Crippen molar-refractivity contribution < 1.29 is 4.79 Å². The molecule has 3 aromatic rings. The molecule has 2 amide bonds. The third-order valence-electron chi connectivity index (χ3n) is 7.24. The number of likely N-dealkylation sites (N-methyl/N-ethyl adjacent to an activating group) is 1. The Labute approximate surface area is 207 Å². The van der Waals surface area contributed by atoms with Crippen LogP contribution in [0.2, 0.25) is 0 Å². The fraction of sp³-hybridized carbons (Fsp3) is 0.464. The summed E-state index contributed by atoms with van der Waals surface area (Å²) in [6.45, 7) is 13.3. The van der Waals surface area contributed by atoms with E-state index in [2.05, 4.69) is 90.0 Å². The van der Waals surface area contributed by atoms with Crippen molar-refractivity contribution >= 4 is 17.4 Å². The van der Waals surface area contributed by atoms with Crippen LogP contribution in [0.15, 0.2) is 42.6 Å². The average Bonchev–Trinajstić information content (AvgIpc) is 3.41. The molecule has 180 valence electrons. The normalized spacial score (nSPS) is 17.8. The lowest BCUT2D eigenvalue weighted by molar-refractivity contribution is 0.179. The summed E-state index contributed by atoms with van der Waals surface area (Å²) in [6, 6.07) is 12.9. The van der Waals surface area contributed by atoms with E-state index in [1.807, 2.05) is 11.3 Å². The molecule has 4 heterocycles. The molecule has 0 fully saturated rings. The topological polar surface area (TPSA) is 40.5 Å². The quantitative estimate of drug-likeness (QED) is 0.499. The van der Waals surface area contributed by atoms with Crippen LogP contribution in [0.4, 0.5) is 4.79 Å². The van der Waals surface area contributed by atoms with Crippen molar-refractivity contribution in [2.45, 2.75) is 59.7 Å². The van der Waals surface area contributed by atoms with Gasteiger partial charge in [-0.1, -0.05) is 50.6 Å². The van der Waals surface area contributed by atoms with Gasteiger partial charge in [-0.25, -0.2) is 4.79 Å². The third-order valence-corrected chi connectivity index (χ3v) is 8.50. The molecule has 0 aliphatic carbocycles. The minimum Gasteiger partial charge on any atom is -0.338 e. The summed E-state index contributed by atoms with van der Waals surface area (Å²) in [4.78, 5) is 19.8. The molecular weight excluding hydrogens is 440 g/mol. The van der Waals surface area contributed by atoms with Crippen molar-refractivity contribution in [1.82, 2.24) is 19.7 Å². The predicted octanol–water partition coefficient (Wildman–Crippen LogP) is 5.89. The molecule has 6 heteroatoms. The minimum atomic E-state index is -0.124. The van der Waals surface area contributed by atoms with Crippen molar-refractivity contribution in [2.24, 2.45) is 5.92 Å².